The number of hydrogen-bond donors (Lipinski definition) is 2. The van der Waals surface area contributed by atoms with Crippen molar-refractivity contribution in [2.24, 2.45) is 5.10 Å². The summed E-state index contributed by atoms with van der Waals surface area (Å²) in [6, 6.07) is 2.14. The first-order valence-corrected chi connectivity index (χ1v) is 6.12. The fourth-order valence-corrected chi connectivity index (χ4v) is 1.62. The van der Waals surface area contributed by atoms with E-state index >= 15 is 0 Å². The van der Waals surface area contributed by atoms with Crippen LogP contribution in [0.1, 0.15) is 21.7 Å². The Kier molecular flexibility index (Phi) is 4.50. The van der Waals surface area contributed by atoms with Gasteiger partial charge in [-0.1, -0.05) is 5.16 Å². The number of hydrogen-bond acceptors (Lipinski definition) is 9. The monoisotopic (exact) mass is 321 g/mol. The summed E-state index contributed by atoms with van der Waals surface area (Å²) in [5.41, 5.74) is 2.05. The van der Waals surface area contributed by atoms with Crippen LogP contribution in [0, 0.1) is 17.0 Å². The first-order valence-electron chi connectivity index (χ1n) is 6.12. The van der Waals surface area contributed by atoms with E-state index in [0.717, 1.165) is 18.3 Å². The minimum atomic E-state index is -0.683. The van der Waals surface area contributed by atoms with Crippen molar-refractivity contribution < 1.29 is 24.2 Å². The number of nitro benzene ring substituents is 1. The van der Waals surface area contributed by atoms with Gasteiger partial charge >= 0.3 is 0 Å². The van der Waals surface area contributed by atoms with Crippen molar-refractivity contribution in [1.82, 2.24) is 15.7 Å². The molecule has 120 valence electrons. The van der Waals surface area contributed by atoms with E-state index in [4.69, 9.17) is 4.74 Å². The van der Waals surface area contributed by atoms with Crippen LogP contribution in [0.25, 0.3) is 0 Å². The van der Waals surface area contributed by atoms with Crippen LogP contribution in [0.2, 0.25) is 0 Å². The SMILES string of the molecule is COc1cc([N+](=O)[O-])cc(C=NNC(=O)c2nonc2C)c1O. The predicted molar refractivity (Wildman–Crippen MR) is 75.4 cm³/mol. The molecule has 0 aliphatic carbocycles. The average Bonchev–Trinajstić information content (AvgIpc) is 2.94. The van der Waals surface area contributed by atoms with Gasteiger partial charge in [0.1, 0.15) is 5.69 Å². The minimum Gasteiger partial charge on any atom is -0.504 e. The molecule has 11 nitrogen and oxygen atoms in total. The standard InChI is InChI=1S/C12H11N5O6/c1-6-10(16-23-15-6)12(19)14-13-5-7-3-8(17(20)21)4-9(22-2)11(7)18/h3-5,18H,1-2H3,(H,14,19). The molecule has 23 heavy (non-hydrogen) atoms. The van der Waals surface area contributed by atoms with Crippen molar-refractivity contribution >= 4 is 17.8 Å². The molecule has 2 aromatic rings. The van der Waals surface area contributed by atoms with Crippen LogP contribution in [0.15, 0.2) is 21.9 Å². The molecule has 0 aliphatic heterocycles. The number of carbonyl (C=O) groups is 1. The van der Waals surface area contributed by atoms with Gasteiger partial charge in [0.05, 0.1) is 24.3 Å². The zero-order chi connectivity index (χ0) is 17.0. The third kappa shape index (κ3) is 3.40. The van der Waals surface area contributed by atoms with Crippen molar-refractivity contribution in [1.29, 1.82) is 0 Å². The van der Waals surface area contributed by atoms with Gasteiger partial charge in [-0.2, -0.15) is 5.10 Å². The third-order valence-corrected chi connectivity index (χ3v) is 2.76. The van der Waals surface area contributed by atoms with Gasteiger partial charge in [-0.15, -0.1) is 0 Å². The minimum absolute atomic E-state index is 0.00801. The van der Waals surface area contributed by atoms with E-state index in [1.54, 1.807) is 0 Å². The second-order valence-electron chi connectivity index (χ2n) is 4.24. The second-order valence-corrected chi connectivity index (χ2v) is 4.24. The highest BCUT2D eigenvalue weighted by atomic mass is 16.6. The second kappa shape index (κ2) is 6.51. The van der Waals surface area contributed by atoms with Crippen LogP contribution >= 0.6 is 0 Å². The van der Waals surface area contributed by atoms with Crippen LogP contribution in [-0.4, -0.2) is 39.6 Å². The van der Waals surface area contributed by atoms with Crippen molar-refractivity contribution in [3.8, 4) is 11.5 Å². The molecule has 2 N–H and O–H groups in total. The Labute approximate surface area is 128 Å². The van der Waals surface area contributed by atoms with E-state index in [9.17, 15) is 20.0 Å². The molecule has 0 radical (unpaired) electrons. The maximum Gasteiger partial charge on any atom is 0.295 e. The Hall–Kier alpha value is -3.50. The first kappa shape index (κ1) is 15.9. The van der Waals surface area contributed by atoms with E-state index in [1.807, 2.05) is 0 Å². The molecule has 0 saturated heterocycles. The smallest absolute Gasteiger partial charge is 0.295 e. The normalized spacial score (nSPS) is 10.7. The number of phenolic OH excluding ortho intramolecular Hbond substituents is 1. The number of phenols is 1. The van der Waals surface area contributed by atoms with Crippen LogP contribution in [-0.2, 0) is 0 Å². The van der Waals surface area contributed by atoms with E-state index in [1.165, 1.54) is 14.0 Å². The highest BCUT2D eigenvalue weighted by molar-refractivity contribution is 5.94. The number of nitrogens with zero attached hydrogens (tertiary/aromatic N) is 4. The van der Waals surface area contributed by atoms with Gasteiger partial charge in [0.2, 0.25) is 0 Å². The zero-order valence-electron chi connectivity index (χ0n) is 12.0. The number of aryl methyl sites for hydroxylation is 1. The van der Waals surface area contributed by atoms with Crippen LogP contribution in [0.5, 0.6) is 11.5 Å². The number of amides is 1. The molecule has 0 saturated carbocycles. The number of nitro groups is 1. The number of methoxy groups -OCH3 is 1. The molecular weight excluding hydrogens is 310 g/mol. The van der Waals surface area contributed by atoms with Gasteiger partial charge in [0.15, 0.2) is 17.2 Å². The summed E-state index contributed by atoms with van der Waals surface area (Å²) in [5, 5.41) is 31.2. The molecule has 0 spiro atoms. The Morgan fingerprint density at radius 1 is 1.52 bits per heavy atom. The number of ether oxygens (including phenoxy) is 1. The Bertz CT molecular complexity index is 784. The molecule has 0 bridgehead atoms. The molecular formula is C12H11N5O6. The number of benzene rings is 1. The molecule has 1 aromatic heterocycles. The summed E-state index contributed by atoms with van der Waals surface area (Å²) in [4.78, 5) is 21.9. The third-order valence-electron chi connectivity index (χ3n) is 2.76. The number of hydrazone groups is 1. The lowest BCUT2D eigenvalue weighted by Gasteiger charge is -2.05. The molecule has 0 atom stereocenters. The average molecular weight is 321 g/mol. The van der Waals surface area contributed by atoms with Crippen LogP contribution in [0.4, 0.5) is 5.69 Å². The quantitative estimate of drug-likeness (QED) is 0.465. The fourth-order valence-electron chi connectivity index (χ4n) is 1.62. The lowest BCUT2D eigenvalue weighted by Crippen LogP contribution is -2.19. The molecule has 0 aliphatic rings. The van der Waals surface area contributed by atoms with E-state index < -0.39 is 10.8 Å². The van der Waals surface area contributed by atoms with E-state index in [0.29, 0.717) is 0 Å². The maximum atomic E-state index is 11.7. The van der Waals surface area contributed by atoms with E-state index in [-0.39, 0.29) is 34.1 Å². The molecule has 2 rings (SSSR count). The number of rotatable bonds is 5. The number of aromatic nitrogens is 2. The van der Waals surface area contributed by atoms with Gasteiger partial charge in [-0.25, -0.2) is 10.1 Å². The highest BCUT2D eigenvalue weighted by Crippen LogP contribution is 2.33. The lowest BCUT2D eigenvalue weighted by molar-refractivity contribution is -0.385. The highest BCUT2D eigenvalue weighted by Gasteiger charge is 2.17. The number of carbonyl (C=O) groups excluding carboxylic acids is 1. The van der Waals surface area contributed by atoms with E-state index in [2.05, 4.69) is 25.5 Å². The topological polar surface area (TPSA) is 153 Å². The molecule has 1 aromatic carbocycles. The first-order chi connectivity index (χ1) is 10.9. The van der Waals surface area contributed by atoms with Gasteiger partial charge < -0.3 is 9.84 Å². The maximum absolute atomic E-state index is 11.7. The summed E-state index contributed by atoms with van der Waals surface area (Å²) in [6.45, 7) is 1.52. The van der Waals surface area contributed by atoms with Gasteiger partial charge in [-0.05, 0) is 12.1 Å². The molecule has 1 heterocycles. The molecule has 0 fully saturated rings. The summed E-state index contributed by atoms with van der Waals surface area (Å²) >= 11 is 0. The Morgan fingerprint density at radius 2 is 2.26 bits per heavy atom. The van der Waals surface area contributed by atoms with Crippen LogP contribution in [0.3, 0.4) is 0 Å². The molecule has 0 unspecified atom stereocenters. The molecule has 1 amide bonds. The lowest BCUT2D eigenvalue weighted by atomic mass is 10.2. The van der Waals surface area contributed by atoms with Gasteiger partial charge in [0, 0.05) is 11.6 Å². The van der Waals surface area contributed by atoms with Gasteiger partial charge in [-0.3, -0.25) is 14.9 Å². The summed E-state index contributed by atoms with van der Waals surface area (Å²) in [6.07, 6.45) is 1.03. The fraction of sp³-hybridized carbons (Fsp3) is 0.167. The number of nitrogens with one attached hydrogen (secondary N) is 1. The number of aromatic hydroxyl groups is 1. The van der Waals surface area contributed by atoms with Crippen molar-refractivity contribution in [2.45, 2.75) is 6.92 Å². The summed E-state index contributed by atoms with van der Waals surface area (Å²) in [5.74, 6) is -1.13. The van der Waals surface area contributed by atoms with Crippen LogP contribution < -0.4 is 10.2 Å². The Morgan fingerprint density at radius 3 is 2.83 bits per heavy atom. The number of non-ortho nitro benzene ring substituents is 1. The predicted octanol–water partition coefficient (Wildman–Crippen LogP) is 0.764. The largest absolute Gasteiger partial charge is 0.504 e. The van der Waals surface area contributed by atoms with Gasteiger partial charge in [0.25, 0.3) is 11.6 Å². The Balaban J connectivity index is 2.22. The van der Waals surface area contributed by atoms with Crippen molar-refractivity contribution in [3.05, 3.63) is 39.2 Å². The molecule has 11 heteroatoms. The summed E-state index contributed by atoms with van der Waals surface area (Å²) < 4.78 is 9.22. The summed E-state index contributed by atoms with van der Waals surface area (Å²) in [7, 11) is 1.25. The van der Waals surface area contributed by atoms with Crippen molar-refractivity contribution in [3.63, 3.8) is 0 Å². The van der Waals surface area contributed by atoms with Crippen molar-refractivity contribution in [2.75, 3.05) is 7.11 Å². The zero-order valence-corrected chi connectivity index (χ0v) is 12.0.